The lowest BCUT2D eigenvalue weighted by Crippen LogP contribution is -2.17. The minimum absolute atomic E-state index is 0.173. The monoisotopic (exact) mass is 236 g/mol. The lowest BCUT2D eigenvalue weighted by atomic mass is 10.1. The molecule has 1 aromatic carbocycles. The Balaban J connectivity index is 2.40. The molecule has 0 unspecified atom stereocenters. The standard InChI is InChI=1S/C13H16O4/c1-3-16-13(15)9-17-12(14)8-11-7-5-4-6-10(11)2/h4-7H,3,8-9H2,1-2H3. The summed E-state index contributed by atoms with van der Waals surface area (Å²) < 4.78 is 9.45. The van der Waals surface area contributed by atoms with Gasteiger partial charge < -0.3 is 9.47 Å². The van der Waals surface area contributed by atoms with Crippen LogP contribution in [0.5, 0.6) is 0 Å². The molecule has 1 aromatic rings. The van der Waals surface area contributed by atoms with Crippen LogP contribution < -0.4 is 0 Å². The van der Waals surface area contributed by atoms with Gasteiger partial charge in [0, 0.05) is 0 Å². The summed E-state index contributed by atoms with van der Waals surface area (Å²) in [5.74, 6) is -0.946. The molecule has 92 valence electrons. The first-order chi connectivity index (χ1) is 8.13. The average Bonchev–Trinajstić information content (AvgIpc) is 2.30. The fraction of sp³-hybridized carbons (Fsp3) is 0.385. The Hall–Kier alpha value is -1.84. The van der Waals surface area contributed by atoms with Crippen molar-refractivity contribution in [2.75, 3.05) is 13.2 Å². The molecule has 4 heteroatoms. The largest absolute Gasteiger partial charge is 0.463 e. The molecule has 0 aliphatic rings. The van der Waals surface area contributed by atoms with E-state index in [0.29, 0.717) is 0 Å². The van der Waals surface area contributed by atoms with E-state index in [9.17, 15) is 9.59 Å². The van der Waals surface area contributed by atoms with Crippen LogP contribution in [0.4, 0.5) is 0 Å². The van der Waals surface area contributed by atoms with E-state index in [2.05, 4.69) is 4.74 Å². The van der Waals surface area contributed by atoms with Gasteiger partial charge in [0.2, 0.25) is 0 Å². The summed E-state index contributed by atoms with van der Waals surface area (Å²) >= 11 is 0. The van der Waals surface area contributed by atoms with E-state index in [0.717, 1.165) is 11.1 Å². The second-order valence-electron chi connectivity index (χ2n) is 3.57. The molecule has 1 rings (SSSR count). The summed E-state index contributed by atoms with van der Waals surface area (Å²) in [6.45, 7) is 3.59. The molecule has 0 N–H and O–H groups in total. The zero-order valence-electron chi connectivity index (χ0n) is 10.1. The summed E-state index contributed by atoms with van der Waals surface area (Å²) in [7, 11) is 0. The number of aryl methyl sites for hydroxylation is 1. The minimum atomic E-state index is -0.523. The van der Waals surface area contributed by atoms with Crippen molar-refractivity contribution in [2.45, 2.75) is 20.3 Å². The second-order valence-corrected chi connectivity index (χ2v) is 3.57. The Morgan fingerprint density at radius 2 is 1.82 bits per heavy atom. The van der Waals surface area contributed by atoms with E-state index < -0.39 is 11.9 Å². The summed E-state index contributed by atoms with van der Waals surface area (Å²) in [6, 6.07) is 7.55. The molecular weight excluding hydrogens is 220 g/mol. The van der Waals surface area contributed by atoms with E-state index >= 15 is 0 Å². The number of esters is 2. The fourth-order valence-electron chi connectivity index (χ4n) is 1.36. The predicted octanol–water partition coefficient (Wildman–Crippen LogP) is 1.64. The molecule has 0 bridgehead atoms. The van der Waals surface area contributed by atoms with Gasteiger partial charge in [0.1, 0.15) is 0 Å². The Bertz CT molecular complexity index is 398. The first kappa shape index (κ1) is 13.2. The first-order valence-electron chi connectivity index (χ1n) is 5.49. The van der Waals surface area contributed by atoms with E-state index in [1.54, 1.807) is 6.92 Å². The molecule has 0 aliphatic heterocycles. The first-order valence-corrected chi connectivity index (χ1v) is 5.49. The SMILES string of the molecule is CCOC(=O)COC(=O)Cc1ccccc1C. The maximum atomic E-state index is 11.4. The van der Waals surface area contributed by atoms with Gasteiger partial charge in [-0.1, -0.05) is 24.3 Å². The highest BCUT2D eigenvalue weighted by Crippen LogP contribution is 2.08. The van der Waals surface area contributed by atoms with Gasteiger partial charge in [-0.05, 0) is 25.0 Å². The zero-order chi connectivity index (χ0) is 12.7. The van der Waals surface area contributed by atoms with Crippen LogP contribution in [-0.2, 0) is 25.5 Å². The predicted molar refractivity (Wildman–Crippen MR) is 62.5 cm³/mol. The molecule has 0 fully saturated rings. The van der Waals surface area contributed by atoms with Gasteiger partial charge in [-0.15, -0.1) is 0 Å². The Morgan fingerprint density at radius 1 is 1.12 bits per heavy atom. The molecule has 0 aliphatic carbocycles. The number of carbonyl (C=O) groups is 2. The number of ether oxygens (including phenoxy) is 2. The molecule has 0 radical (unpaired) electrons. The van der Waals surface area contributed by atoms with Gasteiger partial charge in [-0.2, -0.15) is 0 Å². The number of hydrogen-bond donors (Lipinski definition) is 0. The second kappa shape index (κ2) is 6.68. The quantitative estimate of drug-likeness (QED) is 0.729. The van der Waals surface area contributed by atoms with Crippen LogP contribution in [0.25, 0.3) is 0 Å². The maximum absolute atomic E-state index is 11.4. The van der Waals surface area contributed by atoms with Crippen molar-refractivity contribution in [1.29, 1.82) is 0 Å². The molecule has 0 amide bonds. The lowest BCUT2D eigenvalue weighted by Gasteiger charge is -2.06. The molecule has 0 spiro atoms. The third kappa shape index (κ3) is 4.68. The van der Waals surface area contributed by atoms with E-state index in [4.69, 9.17) is 4.74 Å². The summed E-state index contributed by atoms with van der Waals surface area (Å²) in [4.78, 5) is 22.4. The van der Waals surface area contributed by atoms with Crippen LogP contribution in [0.2, 0.25) is 0 Å². The van der Waals surface area contributed by atoms with Gasteiger partial charge in [0.15, 0.2) is 6.61 Å². The van der Waals surface area contributed by atoms with E-state index in [-0.39, 0.29) is 19.6 Å². The topological polar surface area (TPSA) is 52.6 Å². The Morgan fingerprint density at radius 3 is 2.47 bits per heavy atom. The fourth-order valence-corrected chi connectivity index (χ4v) is 1.36. The molecule has 0 aromatic heterocycles. The Kier molecular flexibility index (Phi) is 5.20. The number of rotatable bonds is 5. The molecule has 4 nitrogen and oxygen atoms in total. The van der Waals surface area contributed by atoms with Crippen molar-refractivity contribution in [1.82, 2.24) is 0 Å². The van der Waals surface area contributed by atoms with Gasteiger partial charge in [-0.25, -0.2) is 4.79 Å². The van der Waals surface area contributed by atoms with Crippen LogP contribution in [0.15, 0.2) is 24.3 Å². The zero-order valence-corrected chi connectivity index (χ0v) is 10.1. The number of hydrogen-bond acceptors (Lipinski definition) is 4. The highest BCUT2D eigenvalue weighted by molar-refractivity contribution is 5.77. The van der Waals surface area contributed by atoms with Crippen molar-refractivity contribution < 1.29 is 19.1 Å². The highest BCUT2D eigenvalue weighted by atomic mass is 16.6. The molecule has 17 heavy (non-hydrogen) atoms. The van der Waals surface area contributed by atoms with Crippen LogP contribution >= 0.6 is 0 Å². The maximum Gasteiger partial charge on any atom is 0.344 e. The van der Waals surface area contributed by atoms with Crippen molar-refractivity contribution >= 4 is 11.9 Å². The van der Waals surface area contributed by atoms with Crippen molar-refractivity contribution in [3.8, 4) is 0 Å². The Labute approximate surface area is 101 Å². The molecule has 0 saturated carbocycles. The van der Waals surface area contributed by atoms with E-state index in [1.807, 2.05) is 31.2 Å². The highest BCUT2D eigenvalue weighted by Gasteiger charge is 2.09. The van der Waals surface area contributed by atoms with Gasteiger partial charge >= 0.3 is 11.9 Å². The van der Waals surface area contributed by atoms with Crippen LogP contribution in [0.1, 0.15) is 18.1 Å². The smallest absolute Gasteiger partial charge is 0.344 e. The molecule has 0 heterocycles. The van der Waals surface area contributed by atoms with Crippen molar-refractivity contribution in [3.05, 3.63) is 35.4 Å². The molecule has 0 saturated heterocycles. The summed E-state index contributed by atoms with van der Waals surface area (Å²) in [5, 5.41) is 0. The van der Waals surface area contributed by atoms with Crippen LogP contribution in [-0.4, -0.2) is 25.2 Å². The third-order valence-corrected chi connectivity index (χ3v) is 2.25. The van der Waals surface area contributed by atoms with Crippen molar-refractivity contribution in [2.24, 2.45) is 0 Å². The van der Waals surface area contributed by atoms with Gasteiger partial charge in [-0.3, -0.25) is 4.79 Å². The van der Waals surface area contributed by atoms with Crippen molar-refractivity contribution in [3.63, 3.8) is 0 Å². The summed E-state index contributed by atoms with van der Waals surface area (Å²) in [5.41, 5.74) is 1.93. The van der Waals surface area contributed by atoms with Crippen LogP contribution in [0, 0.1) is 6.92 Å². The minimum Gasteiger partial charge on any atom is -0.463 e. The normalized spacial score (nSPS) is 9.76. The van der Waals surface area contributed by atoms with Gasteiger partial charge in [0.05, 0.1) is 13.0 Å². The number of benzene rings is 1. The molecular formula is C13H16O4. The lowest BCUT2D eigenvalue weighted by molar-refractivity contribution is -0.158. The number of carbonyl (C=O) groups excluding carboxylic acids is 2. The average molecular weight is 236 g/mol. The third-order valence-electron chi connectivity index (χ3n) is 2.25. The van der Waals surface area contributed by atoms with Gasteiger partial charge in [0.25, 0.3) is 0 Å². The molecule has 0 atom stereocenters. The van der Waals surface area contributed by atoms with Crippen LogP contribution in [0.3, 0.4) is 0 Å². The summed E-state index contributed by atoms with van der Waals surface area (Å²) in [6.07, 6.45) is 0.173. The van der Waals surface area contributed by atoms with E-state index in [1.165, 1.54) is 0 Å².